The summed E-state index contributed by atoms with van der Waals surface area (Å²) in [6, 6.07) is -0.912. The summed E-state index contributed by atoms with van der Waals surface area (Å²) in [6.45, 7) is 3.88. The van der Waals surface area contributed by atoms with Gasteiger partial charge in [-0.25, -0.2) is 9.78 Å². The Hall–Kier alpha value is -2.90. The summed E-state index contributed by atoms with van der Waals surface area (Å²) in [5, 5.41) is 17.1. The van der Waals surface area contributed by atoms with Crippen LogP contribution in [0.25, 0.3) is 0 Å². The van der Waals surface area contributed by atoms with Crippen LogP contribution in [0.15, 0.2) is 34.5 Å². The molecule has 0 radical (unpaired) electrons. The highest BCUT2D eigenvalue weighted by molar-refractivity contribution is 8.00. The molecule has 13 heteroatoms. The van der Waals surface area contributed by atoms with Crippen molar-refractivity contribution in [1.29, 1.82) is 0 Å². The first-order chi connectivity index (χ1) is 14.4. The first kappa shape index (κ1) is 21.8. The molecule has 3 rings (SSSR count). The molecule has 4 N–H and O–H groups in total. The monoisotopic (exact) mass is 453 g/mol. The minimum Gasteiger partial charge on any atom is -0.477 e. The Bertz CT molecular complexity index is 943. The Morgan fingerprint density at radius 2 is 2.33 bits per heavy atom. The van der Waals surface area contributed by atoms with E-state index in [2.05, 4.69) is 22.0 Å². The predicted molar refractivity (Wildman–Crippen MR) is 111 cm³/mol. The number of aliphatic carboxylic acids is 1. The predicted octanol–water partition coefficient (Wildman–Crippen LogP) is 0.0170. The lowest BCUT2D eigenvalue weighted by atomic mass is 10.0. The second-order valence-corrected chi connectivity index (χ2v) is 8.11. The molecule has 160 valence electrons. The number of rotatable bonds is 9. The number of thioether (sulfide) groups is 1. The second kappa shape index (κ2) is 9.28. The molecule has 11 nitrogen and oxygen atoms in total. The molecular weight excluding hydrogens is 434 g/mol. The number of carbonyl (C=O) groups is 3. The molecule has 1 fully saturated rings. The average molecular weight is 454 g/mol. The van der Waals surface area contributed by atoms with Gasteiger partial charge in [0.05, 0.1) is 13.2 Å². The fourth-order valence-corrected chi connectivity index (χ4v) is 4.84. The number of carbonyl (C=O) groups excluding carboxylic acids is 2. The van der Waals surface area contributed by atoms with E-state index in [1.807, 2.05) is 0 Å². The molecule has 30 heavy (non-hydrogen) atoms. The normalized spacial score (nSPS) is 21.0. The van der Waals surface area contributed by atoms with E-state index in [0.717, 1.165) is 11.3 Å². The molecule has 0 aliphatic carbocycles. The maximum Gasteiger partial charge on any atom is 0.352 e. The van der Waals surface area contributed by atoms with Crippen LogP contribution in [0.3, 0.4) is 0 Å². The molecule has 2 amide bonds. The van der Waals surface area contributed by atoms with Crippen LogP contribution in [0.4, 0.5) is 5.13 Å². The van der Waals surface area contributed by atoms with E-state index in [-0.39, 0.29) is 35.4 Å². The van der Waals surface area contributed by atoms with Gasteiger partial charge in [-0.2, -0.15) is 0 Å². The van der Waals surface area contributed by atoms with Gasteiger partial charge in [-0.1, -0.05) is 11.2 Å². The molecule has 2 atom stereocenters. The van der Waals surface area contributed by atoms with Gasteiger partial charge in [0.15, 0.2) is 10.8 Å². The van der Waals surface area contributed by atoms with Crippen LogP contribution in [0.2, 0.25) is 0 Å². The van der Waals surface area contributed by atoms with Crippen molar-refractivity contribution in [1.82, 2.24) is 15.2 Å². The number of β-lactam (4-membered cyclic amide) rings is 1. The van der Waals surface area contributed by atoms with Crippen LogP contribution in [-0.4, -0.2) is 76.0 Å². The number of nitrogens with zero attached hydrogens (tertiary/aromatic N) is 3. The van der Waals surface area contributed by atoms with Crippen LogP contribution < -0.4 is 11.1 Å². The molecule has 2 aliphatic rings. The summed E-state index contributed by atoms with van der Waals surface area (Å²) in [5.74, 6) is -2.09. The second-order valence-electron chi connectivity index (χ2n) is 6.12. The molecule has 1 saturated heterocycles. The maximum atomic E-state index is 12.7. The molecule has 1 unspecified atom stereocenters. The Labute approximate surface area is 179 Å². The number of nitrogen functional groups attached to an aromatic ring is 1. The number of thiazole rings is 1. The van der Waals surface area contributed by atoms with Gasteiger partial charge >= 0.3 is 5.97 Å². The number of amides is 2. The summed E-state index contributed by atoms with van der Waals surface area (Å²) in [7, 11) is 1.27. The van der Waals surface area contributed by atoms with Crippen molar-refractivity contribution >= 4 is 51.7 Å². The SMILES string of the molecule is C=CCOCC1=C(C(=O)O)N2C(=O)C(NC(=O)C(=NOC)c3csc(N)n3)[C@H]2SC1. The molecule has 2 aliphatic heterocycles. The minimum atomic E-state index is -1.23. The van der Waals surface area contributed by atoms with E-state index in [9.17, 15) is 19.5 Å². The van der Waals surface area contributed by atoms with Gasteiger partial charge in [-0.05, 0) is 5.57 Å². The largest absolute Gasteiger partial charge is 0.477 e. The highest BCUT2D eigenvalue weighted by Gasteiger charge is 2.54. The van der Waals surface area contributed by atoms with E-state index in [1.54, 1.807) is 6.08 Å². The molecule has 0 saturated carbocycles. The summed E-state index contributed by atoms with van der Waals surface area (Å²) in [5.41, 5.74) is 6.05. The van der Waals surface area contributed by atoms with Gasteiger partial charge in [0, 0.05) is 11.1 Å². The van der Waals surface area contributed by atoms with Gasteiger partial charge < -0.3 is 25.7 Å². The van der Waals surface area contributed by atoms with E-state index >= 15 is 0 Å². The molecule has 3 heterocycles. The fourth-order valence-electron chi connectivity index (χ4n) is 2.96. The Morgan fingerprint density at radius 1 is 1.57 bits per heavy atom. The lowest BCUT2D eigenvalue weighted by Gasteiger charge is -2.49. The Balaban J connectivity index is 1.76. The molecular formula is C17H19N5O6S2. The topological polar surface area (TPSA) is 156 Å². The smallest absolute Gasteiger partial charge is 0.352 e. The minimum absolute atomic E-state index is 0.0735. The van der Waals surface area contributed by atoms with Crippen molar-refractivity contribution in [2.24, 2.45) is 5.16 Å². The zero-order valence-electron chi connectivity index (χ0n) is 15.9. The lowest BCUT2D eigenvalue weighted by molar-refractivity contribution is -0.150. The average Bonchev–Trinajstić information content (AvgIpc) is 3.15. The van der Waals surface area contributed by atoms with Crippen LogP contribution in [0, 0.1) is 0 Å². The molecule has 1 aromatic rings. The van der Waals surface area contributed by atoms with Crippen LogP contribution in [0.1, 0.15) is 5.69 Å². The van der Waals surface area contributed by atoms with Crippen molar-refractivity contribution in [3.8, 4) is 0 Å². The molecule has 0 bridgehead atoms. The van der Waals surface area contributed by atoms with Crippen molar-refractivity contribution in [2.75, 3.05) is 31.8 Å². The van der Waals surface area contributed by atoms with E-state index < -0.39 is 29.2 Å². The highest BCUT2D eigenvalue weighted by Crippen LogP contribution is 2.40. The number of carboxylic acids is 1. The number of fused-ring (bicyclic) bond motifs is 1. The molecule has 1 aromatic heterocycles. The summed E-state index contributed by atoms with van der Waals surface area (Å²) >= 11 is 2.46. The summed E-state index contributed by atoms with van der Waals surface area (Å²) in [6.07, 6.45) is 1.55. The molecule has 0 spiro atoms. The number of carboxylic acid groups (broad SMARTS) is 1. The quantitative estimate of drug-likeness (QED) is 0.154. The number of hydrogen-bond donors (Lipinski definition) is 3. The third kappa shape index (κ3) is 4.17. The van der Waals surface area contributed by atoms with Gasteiger partial charge in [-0.15, -0.1) is 29.7 Å². The first-order valence-electron chi connectivity index (χ1n) is 8.61. The van der Waals surface area contributed by atoms with Crippen molar-refractivity contribution in [2.45, 2.75) is 11.4 Å². The zero-order chi connectivity index (χ0) is 21.8. The molecule has 0 aromatic carbocycles. The van der Waals surface area contributed by atoms with Crippen LogP contribution >= 0.6 is 23.1 Å². The number of oxime groups is 1. The number of aromatic nitrogens is 1. The summed E-state index contributed by atoms with van der Waals surface area (Å²) < 4.78 is 5.34. The van der Waals surface area contributed by atoms with Gasteiger partial charge in [0.25, 0.3) is 11.8 Å². The van der Waals surface area contributed by atoms with Crippen molar-refractivity contribution < 1.29 is 29.1 Å². The highest BCUT2D eigenvalue weighted by atomic mass is 32.2. The Kier molecular flexibility index (Phi) is 6.74. The van der Waals surface area contributed by atoms with E-state index in [4.69, 9.17) is 15.3 Å². The van der Waals surface area contributed by atoms with Gasteiger partial charge in [-0.3, -0.25) is 14.5 Å². The van der Waals surface area contributed by atoms with Crippen molar-refractivity contribution in [3.05, 3.63) is 35.0 Å². The lowest BCUT2D eigenvalue weighted by Crippen LogP contribution is -2.71. The van der Waals surface area contributed by atoms with Crippen molar-refractivity contribution in [3.63, 3.8) is 0 Å². The van der Waals surface area contributed by atoms with Gasteiger partial charge in [0.1, 0.15) is 29.9 Å². The first-order valence-corrected chi connectivity index (χ1v) is 10.5. The number of anilines is 1. The van der Waals surface area contributed by atoms with E-state index in [1.165, 1.54) is 29.2 Å². The summed E-state index contributed by atoms with van der Waals surface area (Å²) in [4.78, 5) is 47.0. The third-order valence-electron chi connectivity index (χ3n) is 4.21. The number of nitrogens with one attached hydrogen (secondary N) is 1. The van der Waals surface area contributed by atoms with Crippen LogP contribution in [0.5, 0.6) is 0 Å². The van der Waals surface area contributed by atoms with E-state index in [0.29, 0.717) is 11.3 Å². The maximum absolute atomic E-state index is 12.7. The standard InChI is InChI=1S/C17H19N5O6S2/c1-3-4-28-5-8-6-29-15-11(14(24)22(15)12(8)16(25)26)20-13(23)10(21-27-2)9-7-30-17(18)19-9/h3,7,11,15H,1,4-6H2,2H3,(H2,18,19)(H,20,23)(H,25,26)/t11?,15-/m1/s1. The number of ether oxygens (including phenoxy) is 1. The zero-order valence-corrected chi connectivity index (χ0v) is 17.5. The number of nitrogens with two attached hydrogens (primary N) is 1. The van der Waals surface area contributed by atoms with Gasteiger partial charge in [0.2, 0.25) is 0 Å². The fraction of sp³-hybridized carbons (Fsp3) is 0.353. The Morgan fingerprint density at radius 3 is 2.93 bits per heavy atom. The third-order valence-corrected chi connectivity index (χ3v) is 6.22. The number of hydrogen-bond acceptors (Lipinski definition) is 10. The van der Waals surface area contributed by atoms with Crippen LogP contribution in [-0.2, 0) is 24.0 Å².